The summed E-state index contributed by atoms with van der Waals surface area (Å²) in [4.78, 5) is 1.01. The average molecular weight is 284 g/mol. The van der Waals surface area contributed by atoms with Gasteiger partial charge in [-0.05, 0) is 31.2 Å². The Bertz CT molecular complexity index is 527. The minimum Gasteiger partial charge on any atom is -0.399 e. The molecule has 4 nitrogen and oxygen atoms in total. The van der Waals surface area contributed by atoms with Crippen molar-refractivity contribution in [2.24, 2.45) is 0 Å². The van der Waals surface area contributed by atoms with Gasteiger partial charge in [0.15, 0.2) is 0 Å². The van der Waals surface area contributed by atoms with Crippen LogP contribution in [0.5, 0.6) is 0 Å². The lowest BCUT2D eigenvalue weighted by molar-refractivity contribution is 0.587. The summed E-state index contributed by atoms with van der Waals surface area (Å²) >= 11 is 1.48. The molecule has 0 aliphatic carbocycles. The highest BCUT2D eigenvalue weighted by Gasteiger charge is 2.08. The predicted octanol–water partition coefficient (Wildman–Crippen LogP) is 1.30. The third kappa shape index (κ3) is 5.96. The van der Waals surface area contributed by atoms with E-state index in [2.05, 4.69) is 16.6 Å². The van der Waals surface area contributed by atoms with Crippen LogP contribution in [0.15, 0.2) is 29.2 Å². The molecule has 0 spiro atoms. The molecule has 3 N–H and O–H groups in total. The van der Waals surface area contributed by atoms with Crippen molar-refractivity contribution < 1.29 is 8.42 Å². The normalized spacial score (nSPS) is 10.7. The van der Waals surface area contributed by atoms with Gasteiger partial charge in [0.25, 0.3) is 0 Å². The monoisotopic (exact) mass is 284 g/mol. The van der Waals surface area contributed by atoms with Gasteiger partial charge in [-0.1, -0.05) is 5.92 Å². The Morgan fingerprint density at radius 2 is 2.00 bits per heavy atom. The Hall–Kier alpha value is -1.16. The molecule has 1 aromatic rings. The number of nitrogens with two attached hydrogens (primary N) is 1. The molecule has 0 saturated carbocycles. The average Bonchev–Trinajstić information content (AvgIpc) is 2.32. The molecule has 0 bridgehead atoms. The number of thioether (sulfide) groups is 1. The lowest BCUT2D eigenvalue weighted by atomic mass is 10.3. The van der Waals surface area contributed by atoms with Crippen molar-refractivity contribution in [1.82, 2.24) is 4.72 Å². The van der Waals surface area contributed by atoms with Crippen LogP contribution in [0.4, 0.5) is 5.69 Å². The maximum atomic E-state index is 11.5. The lowest BCUT2D eigenvalue weighted by Crippen LogP contribution is -2.27. The smallest absolute Gasteiger partial charge is 0.213 e. The van der Waals surface area contributed by atoms with Gasteiger partial charge < -0.3 is 5.73 Å². The van der Waals surface area contributed by atoms with Crippen molar-refractivity contribution in [2.75, 3.05) is 23.8 Å². The van der Waals surface area contributed by atoms with E-state index in [0.29, 0.717) is 11.4 Å². The van der Waals surface area contributed by atoms with Gasteiger partial charge >= 0.3 is 0 Å². The molecule has 1 aromatic carbocycles. The third-order valence-electron chi connectivity index (χ3n) is 2.06. The molecule has 0 aliphatic rings. The molecule has 98 valence electrons. The molecule has 0 aromatic heterocycles. The molecule has 0 atom stereocenters. The molecule has 0 amide bonds. The molecule has 0 radical (unpaired) electrons. The van der Waals surface area contributed by atoms with E-state index in [0.717, 1.165) is 4.90 Å². The highest BCUT2D eigenvalue weighted by atomic mass is 32.2. The number of anilines is 1. The molecule has 0 saturated heterocycles. The quantitative estimate of drug-likeness (QED) is 0.469. The van der Waals surface area contributed by atoms with Crippen LogP contribution in [0, 0.1) is 11.8 Å². The van der Waals surface area contributed by atoms with Gasteiger partial charge in [0.05, 0.1) is 12.3 Å². The van der Waals surface area contributed by atoms with Crippen molar-refractivity contribution >= 4 is 27.5 Å². The van der Waals surface area contributed by atoms with Crippen LogP contribution in [0.1, 0.15) is 6.92 Å². The van der Waals surface area contributed by atoms with Gasteiger partial charge in [0.2, 0.25) is 10.0 Å². The second-order valence-corrected chi connectivity index (χ2v) is 6.58. The summed E-state index contributed by atoms with van der Waals surface area (Å²) in [5, 5.41) is 0. The van der Waals surface area contributed by atoms with Crippen molar-refractivity contribution in [2.45, 2.75) is 11.8 Å². The number of nitrogen functional groups attached to an aromatic ring is 1. The molecule has 0 fully saturated rings. The van der Waals surface area contributed by atoms with Crippen molar-refractivity contribution in [3.05, 3.63) is 24.3 Å². The molecular formula is C12H16N2O2S2. The first-order chi connectivity index (χ1) is 8.53. The fraction of sp³-hybridized carbons (Fsp3) is 0.333. The molecule has 6 heteroatoms. The minimum absolute atomic E-state index is 0.0768. The van der Waals surface area contributed by atoms with E-state index in [1.807, 2.05) is 12.1 Å². The highest BCUT2D eigenvalue weighted by Crippen LogP contribution is 2.19. The van der Waals surface area contributed by atoms with Crippen molar-refractivity contribution in [1.29, 1.82) is 0 Å². The van der Waals surface area contributed by atoms with Gasteiger partial charge in [-0.25, -0.2) is 13.1 Å². The Morgan fingerprint density at radius 3 is 2.61 bits per heavy atom. The Balaban J connectivity index is 2.36. The van der Waals surface area contributed by atoms with Crippen molar-refractivity contribution in [3.63, 3.8) is 0 Å². The van der Waals surface area contributed by atoms with Gasteiger partial charge in [-0.2, -0.15) is 0 Å². The van der Waals surface area contributed by atoms with E-state index in [1.54, 1.807) is 19.1 Å². The summed E-state index contributed by atoms with van der Waals surface area (Å²) in [7, 11) is -3.23. The van der Waals surface area contributed by atoms with E-state index < -0.39 is 10.0 Å². The molecule has 0 unspecified atom stereocenters. The Morgan fingerprint density at radius 1 is 1.33 bits per heavy atom. The van der Waals surface area contributed by atoms with Crippen LogP contribution >= 0.6 is 11.8 Å². The molecule has 0 aliphatic heterocycles. The second-order valence-electron chi connectivity index (χ2n) is 3.48. The lowest BCUT2D eigenvalue weighted by Gasteiger charge is -2.04. The van der Waals surface area contributed by atoms with Crippen LogP contribution in [-0.4, -0.2) is 26.5 Å². The second kappa shape index (κ2) is 7.31. The zero-order valence-corrected chi connectivity index (χ0v) is 11.8. The summed E-state index contributed by atoms with van der Waals surface area (Å²) in [6.45, 7) is 1.84. The van der Waals surface area contributed by atoms with Gasteiger partial charge in [0.1, 0.15) is 0 Å². The van der Waals surface area contributed by atoms with E-state index >= 15 is 0 Å². The zero-order chi connectivity index (χ0) is 13.4. The van der Waals surface area contributed by atoms with Crippen molar-refractivity contribution in [3.8, 4) is 11.8 Å². The van der Waals surface area contributed by atoms with Crippen LogP contribution in [0.2, 0.25) is 0 Å². The summed E-state index contributed by atoms with van der Waals surface area (Å²) in [5.74, 6) is 5.87. The molecular weight excluding hydrogens is 268 g/mol. The van der Waals surface area contributed by atoms with E-state index in [9.17, 15) is 8.42 Å². The molecule has 18 heavy (non-hydrogen) atoms. The number of nitrogens with one attached hydrogen (secondary N) is 1. The fourth-order valence-corrected chi connectivity index (χ4v) is 3.35. The number of hydrogen-bond acceptors (Lipinski definition) is 4. The highest BCUT2D eigenvalue weighted by molar-refractivity contribution is 8.00. The van der Waals surface area contributed by atoms with Crippen LogP contribution in [0.25, 0.3) is 0 Å². The number of benzene rings is 1. The number of rotatable bonds is 6. The van der Waals surface area contributed by atoms with E-state index in [4.69, 9.17) is 5.73 Å². The number of sulfonamides is 1. The molecule has 1 rings (SSSR count). The summed E-state index contributed by atoms with van der Waals surface area (Å²) in [5.41, 5.74) is 6.27. The van der Waals surface area contributed by atoms with E-state index in [-0.39, 0.29) is 12.3 Å². The third-order valence-corrected chi connectivity index (χ3v) is 4.66. The van der Waals surface area contributed by atoms with E-state index in [1.165, 1.54) is 11.8 Å². The number of hydrogen-bond donors (Lipinski definition) is 2. The Labute approximate surface area is 112 Å². The fourth-order valence-electron chi connectivity index (χ4n) is 1.14. The predicted molar refractivity (Wildman–Crippen MR) is 76.8 cm³/mol. The SMILES string of the molecule is CC#CCNS(=O)(=O)CCSc1ccc(N)cc1. The van der Waals surface area contributed by atoms with Gasteiger partial charge in [0, 0.05) is 16.3 Å². The molecule has 0 heterocycles. The van der Waals surface area contributed by atoms with Crippen LogP contribution < -0.4 is 10.5 Å². The minimum atomic E-state index is -3.23. The first-order valence-corrected chi connectivity index (χ1v) is 8.02. The summed E-state index contributed by atoms with van der Waals surface area (Å²) in [6, 6.07) is 7.35. The summed E-state index contributed by atoms with van der Waals surface area (Å²) < 4.78 is 25.5. The maximum absolute atomic E-state index is 11.5. The first kappa shape index (κ1) is 14.9. The first-order valence-electron chi connectivity index (χ1n) is 5.39. The van der Waals surface area contributed by atoms with Crippen LogP contribution in [0.3, 0.4) is 0 Å². The van der Waals surface area contributed by atoms with Gasteiger partial charge in [-0.15, -0.1) is 17.7 Å². The Kier molecular flexibility index (Phi) is 6.05. The zero-order valence-electron chi connectivity index (χ0n) is 10.1. The largest absolute Gasteiger partial charge is 0.399 e. The summed E-state index contributed by atoms with van der Waals surface area (Å²) in [6.07, 6.45) is 0. The maximum Gasteiger partial charge on any atom is 0.213 e. The van der Waals surface area contributed by atoms with Crippen LogP contribution in [-0.2, 0) is 10.0 Å². The topological polar surface area (TPSA) is 72.2 Å². The standard InChI is InChI=1S/C12H16N2O2S2/c1-2-3-8-14-18(15,16)10-9-17-12-6-4-11(13)5-7-12/h4-7,14H,8-10,13H2,1H3. The van der Waals surface area contributed by atoms with Gasteiger partial charge in [-0.3, -0.25) is 0 Å².